The van der Waals surface area contributed by atoms with Crippen LogP contribution in [0.2, 0.25) is 0 Å². The predicted octanol–water partition coefficient (Wildman–Crippen LogP) is 2.79. The number of ether oxygens (including phenoxy) is 1. The zero-order valence-electron chi connectivity index (χ0n) is 14.1. The van der Waals surface area contributed by atoms with Crippen LogP contribution >= 0.6 is 0 Å². The van der Waals surface area contributed by atoms with E-state index in [1.807, 2.05) is 18.2 Å². The van der Waals surface area contributed by atoms with Gasteiger partial charge in [-0.25, -0.2) is 0 Å². The molecule has 1 aromatic rings. The Balaban J connectivity index is 1.52. The molecule has 1 aliphatic rings. The lowest BCUT2D eigenvalue weighted by Gasteiger charge is -2.27. The lowest BCUT2D eigenvalue weighted by molar-refractivity contribution is -0.143. The molecule has 0 spiro atoms. The molecule has 2 rings (SSSR count). The summed E-state index contributed by atoms with van der Waals surface area (Å²) in [6.45, 7) is 1.23. The number of rotatable bonds is 9. The molecule has 0 bridgehead atoms. The van der Waals surface area contributed by atoms with Crippen LogP contribution in [0.5, 0.6) is 0 Å². The van der Waals surface area contributed by atoms with Gasteiger partial charge in [-0.15, -0.1) is 0 Å². The van der Waals surface area contributed by atoms with Gasteiger partial charge in [-0.1, -0.05) is 36.8 Å². The van der Waals surface area contributed by atoms with Crippen LogP contribution in [0.4, 0.5) is 0 Å². The molecule has 0 saturated heterocycles. The number of hydrogen-bond donors (Lipinski definition) is 2. The highest BCUT2D eigenvalue weighted by Gasteiger charge is 2.27. The minimum absolute atomic E-state index is 0.00213. The van der Waals surface area contributed by atoms with Crippen LogP contribution in [0.1, 0.15) is 44.1 Å². The second kappa shape index (κ2) is 10.1. The Hall–Kier alpha value is -1.88. The van der Waals surface area contributed by atoms with Gasteiger partial charge in [-0.05, 0) is 37.7 Å². The third kappa shape index (κ3) is 6.71. The second-order valence-electron chi connectivity index (χ2n) is 6.42. The summed E-state index contributed by atoms with van der Waals surface area (Å²) in [5.74, 6) is -1.07. The SMILES string of the molecule is O=C(CCCOCCc1ccccc1)N[C@@H]1CCC[C@@H](C(=O)O)C1. The number of carboxylic acids is 1. The van der Waals surface area contributed by atoms with E-state index < -0.39 is 5.97 Å². The van der Waals surface area contributed by atoms with Crippen molar-refractivity contribution in [3.8, 4) is 0 Å². The Bertz CT molecular complexity index is 517. The molecule has 1 aromatic carbocycles. The fraction of sp³-hybridized carbons (Fsp3) is 0.579. The normalized spacial score (nSPS) is 20.5. The van der Waals surface area contributed by atoms with Crippen LogP contribution in [0.25, 0.3) is 0 Å². The first-order valence-electron chi connectivity index (χ1n) is 8.79. The Kier molecular flexibility index (Phi) is 7.75. The third-order valence-electron chi connectivity index (χ3n) is 4.46. The van der Waals surface area contributed by atoms with Crippen molar-refractivity contribution in [2.45, 2.75) is 51.0 Å². The summed E-state index contributed by atoms with van der Waals surface area (Å²) in [5, 5.41) is 12.0. The van der Waals surface area contributed by atoms with Crippen molar-refractivity contribution in [1.82, 2.24) is 5.32 Å². The molecule has 0 aromatic heterocycles. The van der Waals surface area contributed by atoms with E-state index in [1.165, 1.54) is 5.56 Å². The molecule has 1 amide bonds. The summed E-state index contributed by atoms with van der Waals surface area (Å²) in [5.41, 5.74) is 1.25. The Morgan fingerprint density at radius 2 is 1.96 bits per heavy atom. The largest absolute Gasteiger partial charge is 0.481 e. The van der Waals surface area contributed by atoms with Gasteiger partial charge in [0.1, 0.15) is 0 Å². The van der Waals surface area contributed by atoms with Gasteiger partial charge in [0.2, 0.25) is 5.91 Å². The van der Waals surface area contributed by atoms with Crippen LogP contribution in [0.15, 0.2) is 30.3 Å². The minimum atomic E-state index is -0.749. The van der Waals surface area contributed by atoms with Crippen LogP contribution < -0.4 is 5.32 Å². The third-order valence-corrected chi connectivity index (χ3v) is 4.46. The summed E-state index contributed by atoms with van der Waals surface area (Å²) in [4.78, 5) is 23.0. The topological polar surface area (TPSA) is 75.6 Å². The van der Waals surface area contributed by atoms with Crippen LogP contribution in [-0.2, 0) is 20.7 Å². The van der Waals surface area contributed by atoms with Crippen LogP contribution in [0.3, 0.4) is 0 Å². The molecule has 5 heteroatoms. The van der Waals surface area contributed by atoms with E-state index in [0.29, 0.717) is 32.5 Å². The molecule has 2 atom stereocenters. The summed E-state index contributed by atoms with van der Waals surface area (Å²) >= 11 is 0. The van der Waals surface area contributed by atoms with Gasteiger partial charge in [0.15, 0.2) is 0 Å². The molecular weight excluding hydrogens is 306 g/mol. The van der Waals surface area contributed by atoms with E-state index in [9.17, 15) is 9.59 Å². The average Bonchev–Trinajstić information content (AvgIpc) is 2.59. The zero-order chi connectivity index (χ0) is 17.2. The van der Waals surface area contributed by atoms with Crippen molar-refractivity contribution in [3.05, 3.63) is 35.9 Å². The van der Waals surface area contributed by atoms with Crippen molar-refractivity contribution >= 4 is 11.9 Å². The maximum Gasteiger partial charge on any atom is 0.306 e. The lowest BCUT2D eigenvalue weighted by Crippen LogP contribution is -2.39. The highest BCUT2D eigenvalue weighted by atomic mass is 16.5. The van der Waals surface area contributed by atoms with E-state index in [2.05, 4.69) is 17.4 Å². The molecule has 24 heavy (non-hydrogen) atoms. The lowest BCUT2D eigenvalue weighted by atomic mass is 9.86. The molecule has 132 valence electrons. The first-order chi connectivity index (χ1) is 11.6. The van der Waals surface area contributed by atoms with E-state index in [1.54, 1.807) is 0 Å². The van der Waals surface area contributed by atoms with E-state index in [0.717, 1.165) is 25.7 Å². The number of amides is 1. The van der Waals surface area contributed by atoms with Gasteiger partial charge >= 0.3 is 5.97 Å². The maximum atomic E-state index is 11.9. The number of benzene rings is 1. The van der Waals surface area contributed by atoms with Crippen LogP contribution in [0, 0.1) is 5.92 Å². The highest BCUT2D eigenvalue weighted by molar-refractivity contribution is 5.76. The number of carbonyl (C=O) groups is 2. The summed E-state index contributed by atoms with van der Waals surface area (Å²) < 4.78 is 5.57. The fourth-order valence-electron chi connectivity index (χ4n) is 3.12. The van der Waals surface area contributed by atoms with Crippen molar-refractivity contribution in [2.24, 2.45) is 5.92 Å². The molecule has 1 saturated carbocycles. The number of aliphatic carboxylic acids is 1. The molecule has 0 heterocycles. The monoisotopic (exact) mass is 333 g/mol. The van der Waals surface area contributed by atoms with E-state index in [-0.39, 0.29) is 17.9 Å². The Morgan fingerprint density at radius 3 is 2.71 bits per heavy atom. The van der Waals surface area contributed by atoms with Gasteiger partial charge in [0, 0.05) is 19.1 Å². The molecule has 1 fully saturated rings. The van der Waals surface area contributed by atoms with Gasteiger partial charge in [0.25, 0.3) is 0 Å². The number of hydrogen-bond acceptors (Lipinski definition) is 3. The van der Waals surface area contributed by atoms with Crippen molar-refractivity contribution in [2.75, 3.05) is 13.2 Å². The second-order valence-corrected chi connectivity index (χ2v) is 6.42. The molecule has 0 aliphatic heterocycles. The van der Waals surface area contributed by atoms with Crippen molar-refractivity contribution < 1.29 is 19.4 Å². The van der Waals surface area contributed by atoms with Gasteiger partial charge < -0.3 is 15.2 Å². The Labute approximate surface area is 143 Å². The number of nitrogens with one attached hydrogen (secondary N) is 1. The minimum Gasteiger partial charge on any atom is -0.481 e. The van der Waals surface area contributed by atoms with Crippen molar-refractivity contribution in [1.29, 1.82) is 0 Å². The summed E-state index contributed by atoms with van der Waals surface area (Å²) in [7, 11) is 0. The molecule has 5 nitrogen and oxygen atoms in total. The maximum absolute atomic E-state index is 11.9. The van der Waals surface area contributed by atoms with Crippen molar-refractivity contribution in [3.63, 3.8) is 0 Å². The number of carbonyl (C=O) groups excluding carboxylic acids is 1. The molecular formula is C19H27NO4. The number of carboxylic acid groups (broad SMARTS) is 1. The first-order valence-corrected chi connectivity index (χ1v) is 8.79. The zero-order valence-corrected chi connectivity index (χ0v) is 14.1. The van der Waals surface area contributed by atoms with Crippen LogP contribution in [-0.4, -0.2) is 36.2 Å². The smallest absolute Gasteiger partial charge is 0.306 e. The molecule has 1 aliphatic carbocycles. The van der Waals surface area contributed by atoms with Gasteiger partial charge in [0.05, 0.1) is 12.5 Å². The van der Waals surface area contributed by atoms with Gasteiger partial charge in [-0.3, -0.25) is 9.59 Å². The van der Waals surface area contributed by atoms with Gasteiger partial charge in [-0.2, -0.15) is 0 Å². The quantitative estimate of drug-likeness (QED) is 0.681. The Morgan fingerprint density at radius 1 is 1.17 bits per heavy atom. The molecule has 0 unspecified atom stereocenters. The summed E-state index contributed by atoms with van der Waals surface area (Å²) in [6, 6.07) is 10.2. The van der Waals surface area contributed by atoms with E-state index in [4.69, 9.17) is 9.84 Å². The standard InChI is InChI=1S/C19H27NO4/c21-18(20-17-9-4-8-16(14-17)19(22)23)10-5-12-24-13-11-15-6-2-1-3-7-15/h1-3,6-7,16-17H,4-5,8-14H2,(H,20,21)(H,22,23)/t16-,17-/m1/s1. The molecule has 0 radical (unpaired) electrons. The predicted molar refractivity (Wildman–Crippen MR) is 91.7 cm³/mol. The average molecular weight is 333 g/mol. The van der Waals surface area contributed by atoms with E-state index >= 15 is 0 Å². The summed E-state index contributed by atoms with van der Waals surface area (Å²) in [6.07, 6.45) is 5.01. The first kappa shape index (κ1) is 18.5. The highest BCUT2D eigenvalue weighted by Crippen LogP contribution is 2.24. The fourth-order valence-corrected chi connectivity index (χ4v) is 3.12. The molecule has 2 N–H and O–H groups in total.